The van der Waals surface area contributed by atoms with E-state index in [4.69, 9.17) is 0 Å². The van der Waals surface area contributed by atoms with Crippen molar-refractivity contribution in [2.45, 2.75) is 32.9 Å². The average molecular weight is 415 g/mol. The summed E-state index contributed by atoms with van der Waals surface area (Å²) in [6.07, 6.45) is 0.245. The van der Waals surface area contributed by atoms with Crippen LogP contribution in [0.2, 0.25) is 0 Å². The minimum absolute atomic E-state index is 0.0800. The molecule has 1 unspecified atom stereocenters. The molecule has 3 aromatic carbocycles. The molecule has 0 saturated carbocycles. The van der Waals surface area contributed by atoms with Gasteiger partial charge >= 0.3 is 0 Å². The van der Waals surface area contributed by atoms with Gasteiger partial charge in [0, 0.05) is 13.1 Å². The van der Waals surface area contributed by atoms with Crippen LogP contribution in [-0.4, -0.2) is 23.3 Å². The van der Waals surface area contributed by atoms with Crippen LogP contribution in [-0.2, 0) is 22.6 Å². The number of benzene rings is 3. The van der Waals surface area contributed by atoms with Crippen LogP contribution in [0.4, 0.5) is 0 Å². The number of carbonyl (C=O) groups is 2. The molecule has 3 aromatic rings. The van der Waals surface area contributed by atoms with Crippen LogP contribution in [0.25, 0.3) is 0 Å². The lowest BCUT2D eigenvalue weighted by Crippen LogP contribution is -2.44. The van der Waals surface area contributed by atoms with E-state index in [1.165, 1.54) is 0 Å². The van der Waals surface area contributed by atoms with Crippen LogP contribution < -0.4 is 5.32 Å². The van der Waals surface area contributed by atoms with Gasteiger partial charge in [-0.3, -0.25) is 9.59 Å². The fourth-order valence-corrected chi connectivity index (χ4v) is 3.49. The summed E-state index contributed by atoms with van der Waals surface area (Å²) in [4.78, 5) is 28.6. The van der Waals surface area contributed by atoms with Crippen LogP contribution in [0.5, 0.6) is 0 Å². The molecule has 0 spiro atoms. The lowest BCUT2D eigenvalue weighted by molar-refractivity contribution is -0.141. The highest BCUT2D eigenvalue weighted by Crippen LogP contribution is 2.25. The summed E-state index contributed by atoms with van der Waals surface area (Å²) in [7, 11) is 0. The first-order chi connectivity index (χ1) is 15.0. The SMILES string of the molecule is CC(C)CNC(=O)C(c1ccccc1)N(Cc1ccccc1)C(=O)Cc1ccccc1. The first kappa shape index (κ1) is 22.3. The van der Waals surface area contributed by atoms with Gasteiger partial charge in [-0.15, -0.1) is 0 Å². The van der Waals surface area contributed by atoms with Gasteiger partial charge in [0.05, 0.1) is 6.42 Å². The Bertz CT molecular complexity index is 956. The van der Waals surface area contributed by atoms with Crippen LogP contribution in [0, 0.1) is 5.92 Å². The second-order valence-electron chi connectivity index (χ2n) is 8.12. The van der Waals surface area contributed by atoms with E-state index >= 15 is 0 Å². The maximum atomic E-state index is 13.5. The van der Waals surface area contributed by atoms with Gasteiger partial charge in [-0.05, 0) is 22.6 Å². The number of hydrogen-bond acceptors (Lipinski definition) is 2. The van der Waals surface area contributed by atoms with Gasteiger partial charge in [0.25, 0.3) is 0 Å². The molecule has 0 saturated heterocycles. The fraction of sp³-hybridized carbons (Fsp3) is 0.259. The summed E-state index contributed by atoms with van der Waals surface area (Å²) >= 11 is 0. The molecule has 4 heteroatoms. The van der Waals surface area contributed by atoms with Crippen molar-refractivity contribution in [2.75, 3.05) is 6.54 Å². The summed E-state index contributed by atoms with van der Waals surface area (Å²) in [5, 5.41) is 3.03. The van der Waals surface area contributed by atoms with Crippen LogP contribution in [0.15, 0.2) is 91.0 Å². The number of rotatable bonds is 9. The Balaban J connectivity index is 1.96. The molecule has 0 radical (unpaired) electrons. The summed E-state index contributed by atoms with van der Waals surface area (Å²) in [6.45, 7) is 5.04. The molecular formula is C27H30N2O2. The zero-order valence-corrected chi connectivity index (χ0v) is 18.2. The highest BCUT2D eigenvalue weighted by atomic mass is 16.2. The number of carbonyl (C=O) groups excluding carboxylic acids is 2. The number of nitrogens with zero attached hydrogens (tertiary/aromatic N) is 1. The Hall–Kier alpha value is -3.40. The van der Waals surface area contributed by atoms with E-state index in [2.05, 4.69) is 19.2 Å². The quantitative estimate of drug-likeness (QED) is 0.548. The summed E-state index contributed by atoms with van der Waals surface area (Å²) < 4.78 is 0. The first-order valence-corrected chi connectivity index (χ1v) is 10.7. The third kappa shape index (κ3) is 6.54. The van der Waals surface area contributed by atoms with E-state index in [0.29, 0.717) is 19.0 Å². The van der Waals surface area contributed by atoms with Gasteiger partial charge in [-0.2, -0.15) is 0 Å². The molecule has 3 rings (SSSR count). The zero-order valence-electron chi connectivity index (χ0n) is 18.2. The first-order valence-electron chi connectivity index (χ1n) is 10.7. The Morgan fingerprint density at radius 2 is 1.29 bits per heavy atom. The molecule has 0 aliphatic rings. The molecule has 2 amide bonds. The second kappa shape index (κ2) is 11.1. The van der Waals surface area contributed by atoms with Crippen molar-refractivity contribution in [2.24, 2.45) is 5.92 Å². The molecule has 0 aromatic heterocycles. The maximum absolute atomic E-state index is 13.5. The van der Waals surface area contributed by atoms with Crippen molar-refractivity contribution >= 4 is 11.8 Å². The smallest absolute Gasteiger partial charge is 0.247 e. The largest absolute Gasteiger partial charge is 0.354 e. The predicted molar refractivity (Wildman–Crippen MR) is 124 cm³/mol. The predicted octanol–water partition coefficient (Wildman–Crippen LogP) is 4.77. The minimum atomic E-state index is -0.698. The third-order valence-electron chi connectivity index (χ3n) is 5.07. The standard InChI is InChI=1S/C27H30N2O2/c1-21(2)19-28-27(31)26(24-16-10-5-11-17-24)29(20-23-14-8-4-9-15-23)25(30)18-22-12-6-3-7-13-22/h3-17,21,26H,18-20H2,1-2H3,(H,28,31). The van der Waals surface area contributed by atoms with Gasteiger partial charge in [-0.1, -0.05) is 105 Å². The van der Waals surface area contributed by atoms with E-state index in [-0.39, 0.29) is 18.2 Å². The van der Waals surface area contributed by atoms with Gasteiger partial charge in [0.2, 0.25) is 11.8 Å². The van der Waals surface area contributed by atoms with Gasteiger partial charge in [0.1, 0.15) is 6.04 Å². The highest BCUT2D eigenvalue weighted by Gasteiger charge is 2.31. The second-order valence-corrected chi connectivity index (χ2v) is 8.12. The van der Waals surface area contributed by atoms with Gasteiger partial charge < -0.3 is 10.2 Å². The van der Waals surface area contributed by atoms with Crippen molar-refractivity contribution < 1.29 is 9.59 Å². The fourth-order valence-electron chi connectivity index (χ4n) is 3.49. The van der Waals surface area contributed by atoms with E-state index in [0.717, 1.165) is 16.7 Å². The maximum Gasteiger partial charge on any atom is 0.247 e. The van der Waals surface area contributed by atoms with Crippen LogP contribution in [0.1, 0.15) is 36.6 Å². The normalized spacial score (nSPS) is 11.7. The summed E-state index contributed by atoms with van der Waals surface area (Å²) in [5.41, 5.74) is 2.72. The van der Waals surface area contributed by atoms with E-state index < -0.39 is 6.04 Å². The minimum Gasteiger partial charge on any atom is -0.354 e. The van der Waals surface area contributed by atoms with Crippen LogP contribution in [0.3, 0.4) is 0 Å². The van der Waals surface area contributed by atoms with E-state index in [1.54, 1.807) is 4.90 Å². The van der Waals surface area contributed by atoms with Crippen molar-refractivity contribution in [3.8, 4) is 0 Å². The third-order valence-corrected chi connectivity index (χ3v) is 5.07. The monoisotopic (exact) mass is 414 g/mol. The Morgan fingerprint density at radius 3 is 1.84 bits per heavy atom. The van der Waals surface area contributed by atoms with Gasteiger partial charge in [-0.25, -0.2) is 0 Å². The molecule has 1 N–H and O–H groups in total. The molecule has 0 fully saturated rings. The Labute approximate surface area is 184 Å². The average Bonchev–Trinajstić information content (AvgIpc) is 2.79. The lowest BCUT2D eigenvalue weighted by atomic mass is 10.0. The van der Waals surface area contributed by atoms with Crippen LogP contribution >= 0.6 is 0 Å². The number of nitrogens with one attached hydrogen (secondary N) is 1. The molecule has 0 bridgehead atoms. The molecule has 0 heterocycles. The summed E-state index contributed by atoms with van der Waals surface area (Å²) in [5.74, 6) is 0.0869. The number of amides is 2. The summed E-state index contributed by atoms with van der Waals surface area (Å²) in [6, 6.07) is 28.3. The van der Waals surface area contributed by atoms with Gasteiger partial charge in [0.15, 0.2) is 0 Å². The molecule has 4 nitrogen and oxygen atoms in total. The van der Waals surface area contributed by atoms with Crippen molar-refractivity contribution in [3.05, 3.63) is 108 Å². The Kier molecular flexibility index (Phi) is 7.99. The number of hydrogen-bond donors (Lipinski definition) is 1. The van der Waals surface area contributed by atoms with Crippen molar-refractivity contribution in [1.29, 1.82) is 0 Å². The molecular weight excluding hydrogens is 384 g/mol. The zero-order chi connectivity index (χ0) is 22.1. The van der Waals surface area contributed by atoms with E-state index in [1.807, 2.05) is 91.0 Å². The highest BCUT2D eigenvalue weighted by molar-refractivity contribution is 5.89. The van der Waals surface area contributed by atoms with E-state index in [9.17, 15) is 9.59 Å². The lowest BCUT2D eigenvalue weighted by Gasteiger charge is -2.32. The molecule has 1 atom stereocenters. The molecule has 31 heavy (non-hydrogen) atoms. The molecule has 0 aliphatic heterocycles. The molecule has 160 valence electrons. The molecule has 0 aliphatic carbocycles. The van der Waals surface area contributed by atoms with Crippen molar-refractivity contribution in [3.63, 3.8) is 0 Å². The topological polar surface area (TPSA) is 49.4 Å². The Morgan fingerprint density at radius 1 is 0.774 bits per heavy atom. The van der Waals surface area contributed by atoms with Crippen molar-refractivity contribution in [1.82, 2.24) is 10.2 Å².